The highest BCUT2D eigenvalue weighted by Crippen LogP contribution is 2.39. The summed E-state index contributed by atoms with van der Waals surface area (Å²) in [6.07, 6.45) is 5.44. The molecule has 0 unspecified atom stereocenters. The number of aromatic nitrogens is 3. The summed E-state index contributed by atoms with van der Waals surface area (Å²) in [5.74, 6) is 0. The van der Waals surface area contributed by atoms with Crippen LogP contribution in [0.25, 0.3) is 33.3 Å². The fourth-order valence-electron chi connectivity index (χ4n) is 3.88. The summed E-state index contributed by atoms with van der Waals surface area (Å²) in [5.41, 5.74) is 7.20. The highest BCUT2D eigenvalue weighted by molar-refractivity contribution is 5.98. The van der Waals surface area contributed by atoms with Crippen LogP contribution in [0.2, 0.25) is 0 Å². The summed E-state index contributed by atoms with van der Waals surface area (Å²) in [4.78, 5) is 4.54. The number of fused-ring (bicyclic) bond motifs is 2. The van der Waals surface area contributed by atoms with Gasteiger partial charge >= 0.3 is 0 Å². The van der Waals surface area contributed by atoms with E-state index in [1.165, 1.54) is 40.6 Å². The first-order valence-corrected chi connectivity index (χ1v) is 8.91. The molecule has 0 aliphatic carbocycles. The van der Waals surface area contributed by atoms with Gasteiger partial charge in [0.25, 0.3) is 0 Å². The lowest BCUT2D eigenvalue weighted by molar-refractivity contribution is 0.487. The molecule has 3 heteroatoms. The van der Waals surface area contributed by atoms with Crippen molar-refractivity contribution in [3.05, 3.63) is 72.6 Å². The molecule has 122 valence electrons. The summed E-state index contributed by atoms with van der Waals surface area (Å²) < 4.78 is 2.22. The number of benzene rings is 2. The van der Waals surface area contributed by atoms with Gasteiger partial charge in [0.05, 0.1) is 5.52 Å². The number of pyridine rings is 1. The molecule has 1 aliphatic heterocycles. The normalized spacial score (nSPS) is 13.8. The van der Waals surface area contributed by atoms with Crippen molar-refractivity contribution >= 4 is 10.9 Å². The first-order chi connectivity index (χ1) is 12.4. The lowest BCUT2D eigenvalue weighted by Gasteiger charge is -2.15. The Balaban J connectivity index is 1.84. The highest BCUT2D eigenvalue weighted by atomic mass is 15.3. The molecule has 1 aliphatic rings. The number of hydrogen-bond acceptors (Lipinski definition) is 2. The lowest BCUT2D eigenvalue weighted by Crippen LogP contribution is -2.11. The fourth-order valence-corrected chi connectivity index (χ4v) is 3.88. The van der Waals surface area contributed by atoms with Gasteiger partial charge in [0, 0.05) is 34.9 Å². The maximum atomic E-state index is 5.00. The molecule has 0 atom stereocenters. The predicted molar refractivity (Wildman–Crippen MR) is 101 cm³/mol. The van der Waals surface area contributed by atoms with Crippen molar-refractivity contribution in [2.24, 2.45) is 0 Å². The largest absolute Gasteiger partial charge is 0.268 e. The van der Waals surface area contributed by atoms with Crippen LogP contribution in [0.1, 0.15) is 18.5 Å². The SMILES string of the molecule is c1ccc(-c2nn3c(c2-c2ccnc4ccccc24)CCCC3)cc1. The van der Waals surface area contributed by atoms with E-state index in [-0.39, 0.29) is 0 Å². The Kier molecular flexibility index (Phi) is 3.37. The highest BCUT2D eigenvalue weighted by Gasteiger charge is 2.23. The van der Waals surface area contributed by atoms with Crippen LogP contribution in [-0.4, -0.2) is 14.8 Å². The van der Waals surface area contributed by atoms with Crippen LogP contribution in [-0.2, 0) is 13.0 Å². The Hall–Kier alpha value is -2.94. The molecule has 25 heavy (non-hydrogen) atoms. The van der Waals surface area contributed by atoms with Gasteiger partial charge in [-0.25, -0.2) is 0 Å². The third kappa shape index (κ3) is 2.35. The molecular weight excluding hydrogens is 306 g/mol. The smallest absolute Gasteiger partial charge is 0.100 e. The molecule has 0 N–H and O–H groups in total. The van der Waals surface area contributed by atoms with E-state index in [1.54, 1.807) is 0 Å². The summed E-state index contributed by atoms with van der Waals surface area (Å²) >= 11 is 0. The van der Waals surface area contributed by atoms with E-state index in [0.29, 0.717) is 0 Å². The van der Waals surface area contributed by atoms with Crippen molar-refractivity contribution in [2.45, 2.75) is 25.8 Å². The van der Waals surface area contributed by atoms with Gasteiger partial charge in [0.2, 0.25) is 0 Å². The molecule has 3 heterocycles. The third-order valence-electron chi connectivity index (χ3n) is 5.06. The van der Waals surface area contributed by atoms with E-state index in [1.807, 2.05) is 12.3 Å². The van der Waals surface area contributed by atoms with Crippen LogP contribution in [0, 0.1) is 0 Å². The Morgan fingerprint density at radius 2 is 1.68 bits per heavy atom. The van der Waals surface area contributed by atoms with Crippen LogP contribution >= 0.6 is 0 Å². The maximum Gasteiger partial charge on any atom is 0.100 e. The zero-order chi connectivity index (χ0) is 16.6. The van der Waals surface area contributed by atoms with E-state index in [4.69, 9.17) is 5.10 Å². The van der Waals surface area contributed by atoms with Crippen LogP contribution in [0.4, 0.5) is 0 Å². The average molecular weight is 325 g/mol. The first-order valence-electron chi connectivity index (χ1n) is 8.91. The van der Waals surface area contributed by atoms with Gasteiger partial charge < -0.3 is 0 Å². The topological polar surface area (TPSA) is 30.7 Å². The van der Waals surface area contributed by atoms with Gasteiger partial charge in [-0.1, -0.05) is 48.5 Å². The van der Waals surface area contributed by atoms with E-state index >= 15 is 0 Å². The molecule has 0 saturated heterocycles. The predicted octanol–water partition coefficient (Wildman–Crippen LogP) is 5.10. The van der Waals surface area contributed by atoms with Crippen LogP contribution < -0.4 is 0 Å². The second kappa shape index (κ2) is 5.85. The summed E-state index contributed by atoms with van der Waals surface area (Å²) in [6.45, 7) is 1.01. The van der Waals surface area contributed by atoms with Crippen molar-refractivity contribution < 1.29 is 0 Å². The Morgan fingerprint density at radius 1 is 0.840 bits per heavy atom. The van der Waals surface area contributed by atoms with Crippen LogP contribution in [0.5, 0.6) is 0 Å². The molecule has 0 radical (unpaired) electrons. The number of rotatable bonds is 2. The minimum absolute atomic E-state index is 1.01. The van der Waals surface area contributed by atoms with Gasteiger partial charge in [-0.05, 0) is 37.0 Å². The minimum atomic E-state index is 1.01. The molecule has 4 aromatic rings. The number of para-hydroxylation sites is 1. The second-order valence-corrected chi connectivity index (χ2v) is 6.59. The molecule has 2 aromatic carbocycles. The lowest BCUT2D eigenvalue weighted by atomic mass is 9.94. The Morgan fingerprint density at radius 3 is 2.60 bits per heavy atom. The summed E-state index contributed by atoms with van der Waals surface area (Å²) in [7, 11) is 0. The fraction of sp³-hybridized carbons (Fsp3) is 0.182. The van der Waals surface area contributed by atoms with Crippen LogP contribution in [0.15, 0.2) is 66.9 Å². The summed E-state index contributed by atoms with van der Waals surface area (Å²) in [6, 6.07) is 21.1. The Labute approximate surface area is 147 Å². The zero-order valence-electron chi connectivity index (χ0n) is 14.0. The molecule has 5 rings (SSSR count). The van der Waals surface area contributed by atoms with Crippen molar-refractivity contribution in [1.29, 1.82) is 0 Å². The van der Waals surface area contributed by atoms with E-state index in [0.717, 1.165) is 24.2 Å². The quantitative estimate of drug-likeness (QED) is 0.513. The van der Waals surface area contributed by atoms with E-state index in [2.05, 4.69) is 64.3 Å². The second-order valence-electron chi connectivity index (χ2n) is 6.59. The van der Waals surface area contributed by atoms with Crippen molar-refractivity contribution in [3.8, 4) is 22.4 Å². The molecule has 0 bridgehead atoms. The van der Waals surface area contributed by atoms with Crippen molar-refractivity contribution in [1.82, 2.24) is 14.8 Å². The number of hydrogen-bond donors (Lipinski definition) is 0. The molecule has 0 spiro atoms. The van der Waals surface area contributed by atoms with Gasteiger partial charge in [-0.15, -0.1) is 0 Å². The molecule has 3 nitrogen and oxygen atoms in total. The van der Waals surface area contributed by atoms with E-state index in [9.17, 15) is 0 Å². The van der Waals surface area contributed by atoms with Gasteiger partial charge in [0.15, 0.2) is 0 Å². The zero-order valence-corrected chi connectivity index (χ0v) is 14.0. The van der Waals surface area contributed by atoms with Crippen molar-refractivity contribution in [3.63, 3.8) is 0 Å². The average Bonchev–Trinajstić information content (AvgIpc) is 3.08. The van der Waals surface area contributed by atoms with Gasteiger partial charge in [-0.3, -0.25) is 9.67 Å². The van der Waals surface area contributed by atoms with Gasteiger partial charge in [0.1, 0.15) is 5.69 Å². The molecule has 0 saturated carbocycles. The maximum absolute atomic E-state index is 5.00. The van der Waals surface area contributed by atoms with Crippen molar-refractivity contribution in [2.75, 3.05) is 0 Å². The third-order valence-corrected chi connectivity index (χ3v) is 5.06. The summed E-state index contributed by atoms with van der Waals surface area (Å²) in [5, 5.41) is 6.20. The molecule has 0 fully saturated rings. The van der Waals surface area contributed by atoms with E-state index < -0.39 is 0 Å². The monoisotopic (exact) mass is 325 g/mol. The Bertz CT molecular complexity index is 1040. The van der Waals surface area contributed by atoms with Gasteiger partial charge in [-0.2, -0.15) is 5.10 Å². The molecule has 2 aromatic heterocycles. The standard InChI is InChI=1S/C22H19N3/c1-2-8-16(9-3-1)22-21(20-12-6-7-15-25(20)24-22)18-13-14-23-19-11-5-4-10-17(18)19/h1-5,8-11,13-14H,6-7,12,15H2. The first kappa shape index (κ1) is 14.4. The molecule has 0 amide bonds. The minimum Gasteiger partial charge on any atom is -0.268 e. The molecular formula is C22H19N3. The van der Waals surface area contributed by atoms with Crippen LogP contribution in [0.3, 0.4) is 0 Å². The number of nitrogens with zero attached hydrogens (tertiary/aromatic N) is 3. The number of aryl methyl sites for hydroxylation is 1.